The molecule has 108 valence electrons. The van der Waals surface area contributed by atoms with Gasteiger partial charge in [0.25, 0.3) is 0 Å². The van der Waals surface area contributed by atoms with Crippen LogP contribution in [-0.4, -0.2) is 42.1 Å². The van der Waals surface area contributed by atoms with E-state index in [1.807, 2.05) is 6.92 Å². The average Bonchev–Trinajstić information content (AvgIpc) is 3.14. The van der Waals surface area contributed by atoms with Crippen molar-refractivity contribution in [2.45, 2.75) is 39.2 Å². The third-order valence-corrected chi connectivity index (χ3v) is 3.18. The van der Waals surface area contributed by atoms with Gasteiger partial charge in [-0.25, -0.2) is 4.79 Å². The van der Waals surface area contributed by atoms with Crippen molar-refractivity contribution < 1.29 is 19.5 Å². The number of amides is 3. The number of carbonyl (C=O) groups excluding carboxylic acids is 2. The smallest absolute Gasteiger partial charge is 0.315 e. The second kappa shape index (κ2) is 6.40. The van der Waals surface area contributed by atoms with Gasteiger partial charge in [-0.3, -0.25) is 9.59 Å². The number of hydrogen-bond donors (Lipinski definition) is 4. The summed E-state index contributed by atoms with van der Waals surface area (Å²) < 4.78 is 0. The lowest BCUT2D eigenvalue weighted by molar-refractivity contribution is -0.143. The molecule has 1 rings (SSSR count). The molecule has 0 spiro atoms. The van der Waals surface area contributed by atoms with Gasteiger partial charge in [-0.05, 0) is 26.2 Å². The van der Waals surface area contributed by atoms with Crippen LogP contribution < -0.4 is 16.0 Å². The number of nitrogens with one attached hydrogen (secondary N) is 3. The maximum absolute atomic E-state index is 11.5. The van der Waals surface area contributed by atoms with E-state index in [1.54, 1.807) is 6.92 Å². The minimum absolute atomic E-state index is 0.0947. The van der Waals surface area contributed by atoms with Gasteiger partial charge in [-0.2, -0.15) is 0 Å². The first-order valence-electron chi connectivity index (χ1n) is 6.47. The zero-order valence-corrected chi connectivity index (χ0v) is 11.3. The van der Waals surface area contributed by atoms with Crippen molar-refractivity contribution in [2.24, 2.45) is 5.41 Å². The fraction of sp³-hybridized carbons (Fsp3) is 0.750. The zero-order chi connectivity index (χ0) is 14.5. The fourth-order valence-corrected chi connectivity index (χ4v) is 1.58. The number of carboxylic acid groups (broad SMARTS) is 1. The lowest BCUT2D eigenvalue weighted by Crippen LogP contribution is -2.49. The molecule has 7 heteroatoms. The Hall–Kier alpha value is -1.79. The van der Waals surface area contributed by atoms with E-state index in [2.05, 4.69) is 16.0 Å². The van der Waals surface area contributed by atoms with Crippen molar-refractivity contribution in [2.75, 3.05) is 13.1 Å². The summed E-state index contributed by atoms with van der Waals surface area (Å²) in [6.45, 7) is 4.17. The van der Waals surface area contributed by atoms with Crippen molar-refractivity contribution in [3.8, 4) is 0 Å². The van der Waals surface area contributed by atoms with E-state index in [1.165, 1.54) is 0 Å². The number of carboxylic acids is 1. The van der Waals surface area contributed by atoms with Gasteiger partial charge in [-0.1, -0.05) is 6.92 Å². The van der Waals surface area contributed by atoms with Crippen molar-refractivity contribution in [3.63, 3.8) is 0 Å². The number of urea groups is 1. The Morgan fingerprint density at radius 1 is 1.26 bits per heavy atom. The van der Waals surface area contributed by atoms with Gasteiger partial charge in [0.15, 0.2) is 0 Å². The number of hydrogen-bond acceptors (Lipinski definition) is 3. The minimum Gasteiger partial charge on any atom is -0.481 e. The lowest BCUT2D eigenvalue weighted by Gasteiger charge is -2.16. The molecule has 1 atom stereocenters. The van der Waals surface area contributed by atoms with E-state index >= 15 is 0 Å². The van der Waals surface area contributed by atoms with Crippen LogP contribution >= 0.6 is 0 Å². The molecule has 0 aromatic heterocycles. The van der Waals surface area contributed by atoms with E-state index in [0.29, 0.717) is 19.4 Å². The first kappa shape index (κ1) is 15.3. The summed E-state index contributed by atoms with van der Waals surface area (Å²) in [5.74, 6) is -1.14. The van der Waals surface area contributed by atoms with Gasteiger partial charge in [-0.15, -0.1) is 0 Å². The van der Waals surface area contributed by atoms with E-state index in [4.69, 9.17) is 5.11 Å². The Labute approximate surface area is 112 Å². The minimum atomic E-state index is -0.887. The molecule has 0 saturated heterocycles. The van der Waals surface area contributed by atoms with Gasteiger partial charge in [0, 0.05) is 13.1 Å². The quantitative estimate of drug-likeness (QED) is 0.525. The Bertz CT molecular complexity index is 366. The Morgan fingerprint density at radius 3 is 2.37 bits per heavy atom. The summed E-state index contributed by atoms with van der Waals surface area (Å²) in [6.07, 6.45) is 1.98. The second-order valence-electron chi connectivity index (χ2n) is 4.93. The summed E-state index contributed by atoms with van der Waals surface area (Å²) in [6, 6.07) is -1.17. The van der Waals surface area contributed by atoms with Crippen LogP contribution in [0.4, 0.5) is 4.79 Å². The normalized spacial score (nSPS) is 17.2. The maximum atomic E-state index is 11.5. The number of rotatable bonds is 7. The van der Waals surface area contributed by atoms with Crippen molar-refractivity contribution in [3.05, 3.63) is 0 Å². The maximum Gasteiger partial charge on any atom is 0.315 e. The number of carbonyl (C=O) groups is 3. The third kappa shape index (κ3) is 4.42. The van der Waals surface area contributed by atoms with Crippen LogP contribution in [-0.2, 0) is 9.59 Å². The highest BCUT2D eigenvalue weighted by atomic mass is 16.4. The highest BCUT2D eigenvalue weighted by Gasteiger charge is 2.50. The van der Waals surface area contributed by atoms with Crippen LogP contribution in [0.2, 0.25) is 0 Å². The summed E-state index contributed by atoms with van der Waals surface area (Å²) >= 11 is 0. The van der Waals surface area contributed by atoms with Crippen LogP contribution in [0.5, 0.6) is 0 Å². The molecule has 1 aliphatic rings. The van der Waals surface area contributed by atoms with E-state index < -0.39 is 23.5 Å². The van der Waals surface area contributed by atoms with Crippen LogP contribution in [0.15, 0.2) is 0 Å². The molecule has 19 heavy (non-hydrogen) atoms. The van der Waals surface area contributed by atoms with Crippen LogP contribution in [0, 0.1) is 5.41 Å². The highest BCUT2D eigenvalue weighted by Crippen LogP contribution is 2.45. The van der Waals surface area contributed by atoms with E-state index in [-0.39, 0.29) is 12.5 Å². The standard InChI is InChI=1S/C12H21N3O4/c1-3-6-13-9(16)8(2)15-11(19)14-7-12(4-5-12)10(17)18/h8H,3-7H2,1-2H3,(H,13,16)(H,17,18)(H2,14,15,19). The molecule has 1 fully saturated rings. The van der Waals surface area contributed by atoms with Crippen molar-refractivity contribution in [1.82, 2.24) is 16.0 Å². The molecule has 0 aromatic carbocycles. The zero-order valence-electron chi connectivity index (χ0n) is 11.3. The van der Waals surface area contributed by atoms with Gasteiger partial charge in [0.2, 0.25) is 5.91 Å². The Kier molecular flexibility index (Phi) is 5.14. The molecule has 0 heterocycles. The molecular weight excluding hydrogens is 250 g/mol. The third-order valence-electron chi connectivity index (χ3n) is 3.18. The summed E-state index contributed by atoms with van der Waals surface area (Å²) in [5, 5.41) is 16.6. The van der Waals surface area contributed by atoms with Gasteiger partial charge >= 0.3 is 12.0 Å². The Balaban J connectivity index is 2.27. The SMILES string of the molecule is CCCNC(=O)C(C)NC(=O)NCC1(C(=O)O)CC1. The largest absolute Gasteiger partial charge is 0.481 e. The molecule has 0 bridgehead atoms. The van der Waals surface area contributed by atoms with Crippen molar-refractivity contribution >= 4 is 17.9 Å². The lowest BCUT2D eigenvalue weighted by atomic mass is 10.1. The predicted molar refractivity (Wildman–Crippen MR) is 68.6 cm³/mol. The molecule has 4 N–H and O–H groups in total. The fourth-order valence-electron chi connectivity index (χ4n) is 1.58. The molecule has 0 aromatic rings. The first-order valence-corrected chi connectivity index (χ1v) is 6.47. The predicted octanol–water partition coefficient (Wildman–Crippen LogP) is 0.0651. The Morgan fingerprint density at radius 2 is 1.89 bits per heavy atom. The van der Waals surface area contributed by atoms with Gasteiger partial charge in [0.1, 0.15) is 6.04 Å². The van der Waals surface area contributed by atoms with Crippen LogP contribution in [0.3, 0.4) is 0 Å². The second-order valence-corrected chi connectivity index (χ2v) is 4.93. The molecule has 1 aliphatic carbocycles. The molecule has 7 nitrogen and oxygen atoms in total. The molecule has 3 amide bonds. The summed E-state index contributed by atoms with van der Waals surface area (Å²) in [4.78, 5) is 34.0. The monoisotopic (exact) mass is 271 g/mol. The summed E-state index contributed by atoms with van der Waals surface area (Å²) in [7, 11) is 0. The highest BCUT2D eigenvalue weighted by molar-refractivity contribution is 5.87. The molecular formula is C12H21N3O4. The molecule has 0 radical (unpaired) electrons. The topological polar surface area (TPSA) is 108 Å². The average molecular weight is 271 g/mol. The number of aliphatic carboxylic acids is 1. The van der Waals surface area contributed by atoms with Crippen LogP contribution in [0.25, 0.3) is 0 Å². The van der Waals surface area contributed by atoms with Crippen molar-refractivity contribution in [1.29, 1.82) is 0 Å². The molecule has 1 saturated carbocycles. The van der Waals surface area contributed by atoms with E-state index in [9.17, 15) is 14.4 Å². The first-order chi connectivity index (χ1) is 8.91. The van der Waals surface area contributed by atoms with E-state index in [0.717, 1.165) is 6.42 Å². The van der Waals surface area contributed by atoms with Crippen LogP contribution in [0.1, 0.15) is 33.1 Å². The molecule has 1 unspecified atom stereocenters. The molecule has 0 aliphatic heterocycles. The van der Waals surface area contributed by atoms with Gasteiger partial charge < -0.3 is 21.1 Å². The van der Waals surface area contributed by atoms with Gasteiger partial charge in [0.05, 0.1) is 5.41 Å². The summed E-state index contributed by atoms with van der Waals surface area (Å²) in [5.41, 5.74) is -0.801.